The lowest BCUT2D eigenvalue weighted by Gasteiger charge is -2.39. The Balaban J connectivity index is 2.38. The van der Waals surface area contributed by atoms with Crippen LogP contribution < -0.4 is 5.73 Å². The van der Waals surface area contributed by atoms with E-state index in [0.29, 0.717) is 25.1 Å². The summed E-state index contributed by atoms with van der Waals surface area (Å²) in [4.78, 5) is 14.3. The van der Waals surface area contributed by atoms with Gasteiger partial charge in [0.05, 0.1) is 6.61 Å². The molecule has 1 aliphatic rings. The number of nitrogens with zero attached hydrogens (tertiary/aromatic N) is 1. The maximum absolute atomic E-state index is 11.7. The van der Waals surface area contributed by atoms with Crippen molar-refractivity contribution in [2.24, 2.45) is 5.73 Å². The van der Waals surface area contributed by atoms with Crippen LogP contribution in [0.1, 0.15) is 59.8 Å². The number of likely N-dealkylation sites (tertiary alicyclic amines) is 1. The van der Waals surface area contributed by atoms with Crippen LogP contribution in [0.2, 0.25) is 0 Å². The summed E-state index contributed by atoms with van der Waals surface area (Å²) in [7, 11) is 0. The van der Waals surface area contributed by atoms with Gasteiger partial charge in [0.15, 0.2) is 0 Å². The quantitative estimate of drug-likeness (QED) is 0.753. The van der Waals surface area contributed by atoms with Gasteiger partial charge in [-0.15, -0.1) is 0 Å². The van der Waals surface area contributed by atoms with Crippen molar-refractivity contribution in [1.82, 2.24) is 4.90 Å². The average molecular weight is 270 g/mol. The lowest BCUT2D eigenvalue weighted by Crippen LogP contribution is -2.48. The van der Waals surface area contributed by atoms with Crippen LogP contribution in [0, 0.1) is 0 Å². The molecule has 0 amide bonds. The minimum absolute atomic E-state index is 0.283. The van der Waals surface area contributed by atoms with Crippen molar-refractivity contribution < 1.29 is 9.53 Å². The van der Waals surface area contributed by atoms with Gasteiger partial charge in [-0.05, 0) is 59.9 Å². The van der Waals surface area contributed by atoms with Crippen LogP contribution in [0.5, 0.6) is 0 Å². The summed E-state index contributed by atoms with van der Waals surface area (Å²) in [6.45, 7) is 9.59. The van der Waals surface area contributed by atoms with Gasteiger partial charge < -0.3 is 10.5 Å². The molecule has 0 aromatic heterocycles. The molecule has 3 unspecified atom stereocenters. The third-order valence-corrected chi connectivity index (χ3v) is 4.23. The van der Waals surface area contributed by atoms with Gasteiger partial charge in [-0.3, -0.25) is 9.69 Å². The fourth-order valence-electron chi connectivity index (χ4n) is 2.94. The number of carbonyl (C=O) groups excluding carboxylic acids is 1. The van der Waals surface area contributed by atoms with Crippen molar-refractivity contribution in [2.45, 2.75) is 77.4 Å². The Morgan fingerprint density at radius 1 is 1.37 bits per heavy atom. The Labute approximate surface area is 117 Å². The zero-order valence-corrected chi connectivity index (χ0v) is 12.9. The van der Waals surface area contributed by atoms with E-state index in [1.807, 2.05) is 6.92 Å². The Hall–Kier alpha value is -0.610. The van der Waals surface area contributed by atoms with Crippen LogP contribution in [0.15, 0.2) is 0 Å². The first kappa shape index (κ1) is 16.4. The SMILES string of the molecule is CCOC(=O)C(C)(N)CCCN1C(C)CCCC1C. The molecule has 0 bridgehead atoms. The fraction of sp³-hybridized carbons (Fsp3) is 0.933. The largest absolute Gasteiger partial charge is 0.465 e. The molecule has 4 nitrogen and oxygen atoms in total. The van der Waals surface area contributed by atoms with E-state index in [1.165, 1.54) is 19.3 Å². The molecule has 112 valence electrons. The van der Waals surface area contributed by atoms with Crippen molar-refractivity contribution >= 4 is 5.97 Å². The van der Waals surface area contributed by atoms with Crippen molar-refractivity contribution in [3.05, 3.63) is 0 Å². The molecule has 1 heterocycles. The number of piperidine rings is 1. The van der Waals surface area contributed by atoms with Crippen LogP contribution in [0.3, 0.4) is 0 Å². The van der Waals surface area contributed by atoms with Gasteiger partial charge in [-0.2, -0.15) is 0 Å². The number of hydrogen-bond donors (Lipinski definition) is 1. The Morgan fingerprint density at radius 3 is 2.47 bits per heavy atom. The molecule has 2 N–H and O–H groups in total. The maximum Gasteiger partial charge on any atom is 0.325 e. The predicted molar refractivity (Wildman–Crippen MR) is 77.9 cm³/mol. The minimum Gasteiger partial charge on any atom is -0.465 e. The molecular weight excluding hydrogens is 240 g/mol. The zero-order chi connectivity index (χ0) is 14.5. The van der Waals surface area contributed by atoms with Crippen LogP contribution in [-0.4, -0.2) is 41.6 Å². The molecule has 0 aromatic rings. The molecule has 0 aromatic carbocycles. The van der Waals surface area contributed by atoms with Gasteiger partial charge in [0.1, 0.15) is 5.54 Å². The normalized spacial score (nSPS) is 27.8. The van der Waals surface area contributed by atoms with Crippen molar-refractivity contribution in [1.29, 1.82) is 0 Å². The first-order valence-electron chi connectivity index (χ1n) is 7.60. The van der Waals surface area contributed by atoms with Crippen molar-refractivity contribution in [3.8, 4) is 0 Å². The molecule has 4 heteroatoms. The van der Waals surface area contributed by atoms with Crippen LogP contribution in [-0.2, 0) is 9.53 Å². The van der Waals surface area contributed by atoms with E-state index < -0.39 is 5.54 Å². The first-order chi connectivity index (χ1) is 8.88. The van der Waals surface area contributed by atoms with Crippen molar-refractivity contribution in [3.63, 3.8) is 0 Å². The Bertz CT molecular complexity index is 282. The highest BCUT2D eigenvalue weighted by molar-refractivity contribution is 5.79. The number of rotatable bonds is 6. The second-order valence-electron chi connectivity index (χ2n) is 6.11. The predicted octanol–water partition coefficient (Wildman–Crippen LogP) is 2.31. The number of ether oxygens (including phenoxy) is 1. The smallest absolute Gasteiger partial charge is 0.325 e. The molecule has 1 aliphatic heterocycles. The van der Waals surface area contributed by atoms with Gasteiger partial charge in [0.2, 0.25) is 0 Å². The van der Waals surface area contributed by atoms with E-state index >= 15 is 0 Å². The van der Waals surface area contributed by atoms with E-state index in [2.05, 4.69) is 18.7 Å². The molecule has 0 spiro atoms. The van der Waals surface area contributed by atoms with E-state index in [9.17, 15) is 4.79 Å². The lowest BCUT2D eigenvalue weighted by molar-refractivity contribution is -0.149. The Kier molecular flexibility index (Phi) is 6.27. The Morgan fingerprint density at radius 2 is 1.95 bits per heavy atom. The molecule has 3 atom stereocenters. The average Bonchev–Trinajstić information content (AvgIpc) is 2.33. The van der Waals surface area contributed by atoms with E-state index in [4.69, 9.17) is 10.5 Å². The summed E-state index contributed by atoms with van der Waals surface area (Å²) in [6.07, 6.45) is 5.52. The third kappa shape index (κ3) is 4.77. The summed E-state index contributed by atoms with van der Waals surface area (Å²) in [5.74, 6) is -0.283. The van der Waals surface area contributed by atoms with Gasteiger partial charge >= 0.3 is 5.97 Å². The monoisotopic (exact) mass is 270 g/mol. The summed E-state index contributed by atoms with van der Waals surface area (Å²) < 4.78 is 5.01. The van der Waals surface area contributed by atoms with Crippen LogP contribution >= 0.6 is 0 Å². The second kappa shape index (κ2) is 7.25. The minimum atomic E-state index is -0.849. The molecule has 0 saturated carbocycles. The van der Waals surface area contributed by atoms with Crippen molar-refractivity contribution in [2.75, 3.05) is 13.2 Å². The standard InChI is InChI=1S/C15H30N2O2/c1-5-19-14(18)15(4,16)10-7-11-17-12(2)8-6-9-13(17)3/h12-13H,5-11,16H2,1-4H3. The van der Waals surface area contributed by atoms with Gasteiger partial charge in [0.25, 0.3) is 0 Å². The lowest BCUT2D eigenvalue weighted by atomic mass is 9.94. The molecule has 1 fully saturated rings. The molecule has 1 rings (SSSR count). The highest BCUT2D eigenvalue weighted by Crippen LogP contribution is 2.23. The number of carbonyl (C=O) groups is 1. The molecule has 0 radical (unpaired) electrons. The highest BCUT2D eigenvalue weighted by atomic mass is 16.5. The van der Waals surface area contributed by atoms with Gasteiger partial charge in [-0.1, -0.05) is 6.42 Å². The summed E-state index contributed by atoms with van der Waals surface area (Å²) >= 11 is 0. The fourth-order valence-corrected chi connectivity index (χ4v) is 2.94. The summed E-state index contributed by atoms with van der Waals surface area (Å²) in [5, 5.41) is 0. The van der Waals surface area contributed by atoms with Crippen LogP contribution in [0.25, 0.3) is 0 Å². The summed E-state index contributed by atoms with van der Waals surface area (Å²) in [5.41, 5.74) is 5.19. The van der Waals surface area contributed by atoms with E-state index in [1.54, 1.807) is 6.92 Å². The number of hydrogen-bond acceptors (Lipinski definition) is 4. The molecular formula is C15H30N2O2. The number of nitrogens with two attached hydrogens (primary N) is 1. The van der Waals surface area contributed by atoms with Gasteiger partial charge in [0, 0.05) is 12.1 Å². The van der Waals surface area contributed by atoms with Crippen LogP contribution in [0.4, 0.5) is 0 Å². The van der Waals surface area contributed by atoms with Gasteiger partial charge in [-0.25, -0.2) is 0 Å². The van der Waals surface area contributed by atoms with E-state index in [-0.39, 0.29) is 5.97 Å². The molecule has 1 saturated heterocycles. The summed E-state index contributed by atoms with van der Waals surface area (Å²) in [6, 6.07) is 1.30. The zero-order valence-electron chi connectivity index (χ0n) is 12.9. The maximum atomic E-state index is 11.7. The molecule has 19 heavy (non-hydrogen) atoms. The number of esters is 1. The first-order valence-corrected chi connectivity index (χ1v) is 7.60. The molecule has 0 aliphatic carbocycles. The van der Waals surface area contributed by atoms with E-state index in [0.717, 1.165) is 13.0 Å². The topological polar surface area (TPSA) is 55.6 Å². The third-order valence-electron chi connectivity index (χ3n) is 4.23. The highest BCUT2D eigenvalue weighted by Gasteiger charge is 2.30. The second-order valence-corrected chi connectivity index (χ2v) is 6.11.